The highest BCUT2D eigenvalue weighted by atomic mass is 32.1. The molecule has 0 aliphatic carbocycles. The van der Waals surface area contributed by atoms with Gasteiger partial charge in [0.05, 0.1) is 31.6 Å². The lowest BCUT2D eigenvalue weighted by atomic mass is 10.1. The van der Waals surface area contributed by atoms with Crippen LogP contribution in [-0.4, -0.2) is 9.97 Å². The Hall–Kier alpha value is -4.80. The molecule has 0 saturated carbocycles. The minimum atomic E-state index is -4.32. The van der Waals surface area contributed by atoms with Crippen molar-refractivity contribution >= 4 is 64.7 Å². The average molecular weight is 659 g/mol. The molecule has 228 valence electrons. The van der Waals surface area contributed by atoms with Gasteiger partial charge in [0.1, 0.15) is 10.0 Å². The van der Waals surface area contributed by atoms with Crippen LogP contribution in [0.5, 0.6) is 0 Å². The molecule has 2 aromatic heterocycles. The average Bonchev–Trinajstić information content (AvgIpc) is 3.70. The Balaban J connectivity index is 0.000000147. The number of alkyl halides is 6. The number of thiazole rings is 2. The first-order valence-electron chi connectivity index (χ1n) is 14.0. The first kappa shape index (κ1) is 29.9. The van der Waals surface area contributed by atoms with Crippen LogP contribution in [0.3, 0.4) is 0 Å². The van der Waals surface area contributed by atoms with Gasteiger partial charge in [-0.15, -0.1) is 22.7 Å². The summed E-state index contributed by atoms with van der Waals surface area (Å²) < 4.78 is 78.0. The molecule has 10 heteroatoms. The fourth-order valence-electron chi connectivity index (χ4n) is 5.16. The van der Waals surface area contributed by atoms with Crippen LogP contribution in [0.2, 0.25) is 0 Å². The van der Waals surface area contributed by atoms with E-state index in [2.05, 4.69) is 9.97 Å². The Morgan fingerprint density at radius 2 is 0.783 bits per heavy atom. The summed E-state index contributed by atoms with van der Waals surface area (Å²) in [6, 6.07) is 34.2. The molecule has 46 heavy (non-hydrogen) atoms. The summed E-state index contributed by atoms with van der Waals surface area (Å²) >= 11 is 3.00. The van der Waals surface area contributed by atoms with Crippen LogP contribution in [0.25, 0.3) is 63.1 Å². The van der Waals surface area contributed by atoms with Gasteiger partial charge in [-0.2, -0.15) is 26.3 Å². The zero-order valence-electron chi connectivity index (χ0n) is 23.5. The molecule has 8 aromatic rings. The quantitative estimate of drug-likeness (QED) is 0.173. The van der Waals surface area contributed by atoms with Crippen molar-refractivity contribution in [2.24, 2.45) is 0 Å². The third kappa shape index (κ3) is 5.81. The second kappa shape index (κ2) is 11.5. The molecule has 0 amide bonds. The number of aromatic nitrogens is 2. The lowest BCUT2D eigenvalue weighted by Gasteiger charge is -2.06. The third-order valence-electron chi connectivity index (χ3n) is 7.48. The van der Waals surface area contributed by atoms with E-state index in [4.69, 9.17) is 0 Å². The molecule has 0 radical (unpaired) electrons. The molecule has 0 spiro atoms. The van der Waals surface area contributed by atoms with Gasteiger partial charge in [0.2, 0.25) is 0 Å². The molecular formula is C36H20F6N2S2. The van der Waals surface area contributed by atoms with Crippen molar-refractivity contribution < 1.29 is 26.3 Å². The number of hydrogen-bond acceptors (Lipinski definition) is 4. The third-order valence-corrected chi connectivity index (χ3v) is 9.78. The van der Waals surface area contributed by atoms with Crippen molar-refractivity contribution in [3.63, 3.8) is 0 Å². The molecule has 0 saturated heterocycles. The monoisotopic (exact) mass is 658 g/mol. The number of hydrogen-bond donors (Lipinski definition) is 0. The summed E-state index contributed by atoms with van der Waals surface area (Å²) in [6.45, 7) is 0. The van der Waals surface area contributed by atoms with E-state index in [1.165, 1.54) is 46.9 Å². The summed E-state index contributed by atoms with van der Waals surface area (Å²) in [5, 5.41) is 5.93. The minimum absolute atomic E-state index is 0.646. The SMILES string of the molecule is FC(F)(F)c1ccc(-c2nc3ccc4ccccc4c3s2)cc1.FC(F)(F)c1ccc(-c2nc3ccc4ccccc4c3s2)cc1. The molecule has 0 aliphatic heterocycles. The smallest absolute Gasteiger partial charge is 0.236 e. The lowest BCUT2D eigenvalue weighted by Crippen LogP contribution is -2.03. The van der Waals surface area contributed by atoms with Crippen LogP contribution < -0.4 is 0 Å². The largest absolute Gasteiger partial charge is 0.416 e. The number of nitrogens with zero attached hydrogens (tertiary/aromatic N) is 2. The van der Waals surface area contributed by atoms with Crippen molar-refractivity contribution in [3.05, 3.63) is 132 Å². The maximum Gasteiger partial charge on any atom is 0.416 e. The van der Waals surface area contributed by atoms with E-state index in [1.807, 2.05) is 72.8 Å². The summed E-state index contributed by atoms with van der Waals surface area (Å²) in [7, 11) is 0. The highest BCUT2D eigenvalue weighted by molar-refractivity contribution is 7.23. The van der Waals surface area contributed by atoms with Crippen molar-refractivity contribution in [2.45, 2.75) is 12.4 Å². The summed E-state index contributed by atoms with van der Waals surface area (Å²) in [5.41, 5.74) is 1.83. The van der Waals surface area contributed by atoms with Gasteiger partial charge in [0, 0.05) is 21.9 Å². The van der Waals surface area contributed by atoms with Gasteiger partial charge >= 0.3 is 12.4 Å². The summed E-state index contributed by atoms with van der Waals surface area (Å²) in [5.74, 6) is 0. The molecule has 6 aromatic carbocycles. The van der Waals surface area contributed by atoms with Crippen molar-refractivity contribution in [3.8, 4) is 21.1 Å². The lowest BCUT2D eigenvalue weighted by molar-refractivity contribution is -0.138. The topological polar surface area (TPSA) is 25.8 Å². The van der Waals surface area contributed by atoms with Crippen LogP contribution in [-0.2, 0) is 12.4 Å². The Morgan fingerprint density at radius 1 is 0.413 bits per heavy atom. The minimum Gasteiger partial charge on any atom is -0.236 e. The summed E-state index contributed by atoms with van der Waals surface area (Å²) in [4.78, 5) is 9.12. The zero-order valence-corrected chi connectivity index (χ0v) is 25.2. The number of benzene rings is 6. The first-order chi connectivity index (χ1) is 22.0. The Bertz CT molecular complexity index is 2170. The van der Waals surface area contributed by atoms with Gasteiger partial charge in [-0.3, -0.25) is 0 Å². The molecule has 0 unspecified atom stereocenters. The molecule has 2 nitrogen and oxygen atoms in total. The van der Waals surface area contributed by atoms with E-state index >= 15 is 0 Å². The second-order valence-corrected chi connectivity index (χ2v) is 12.5. The predicted molar refractivity (Wildman–Crippen MR) is 175 cm³/mol. The molecular weight excluding hydrogens is 639 g/mol. The summed E-state index contributed by atoms with van der Waals surface area (Å²) in [6.07, 6.45) is -8.63. The molecule has 0 atom stereocenters. The van der Waals surface area contributed by atoms with E-state index < -0.39 is 23.5 Å². The highest BCUT2D eigenvalue weighted by Crippen LogP contribution is 2.38. The van der Waals surface area contributed by atoms with E-state index in [1.54, 1.807) is 0 Å². The van der Waals surface area contributed by atoms with Gasteiger partial charge in [-0.05, 0) is 47.2 Å². The highest BCUT2D eigenvalue weighted by Gasteiger charge is 2.31. The number of halogens is 6. The van der Waals surface area contributed by atoms with E-state index in [-0.39, 0.29) is 0 Å². The van der Waals surface area contributed by atoms with Crippen molar-refractivity contribution in [1.82, 2.24) is 9.97 Å². The molecule has 2 heterocycles. The van der Waals surface area contributed by atoms with Crippen LogP contribution in [0.4, 0.5) is 26.3 Å². The van der Waals surface area contributed by atoms with E-state index in [0.29, 0.717) is 11.1 Å². The van der Waals surface area contributed by atoms with Gasteiger partial charge < -0.3 is 0 Å². The second-order valence-electron chi connectivity index (χ2n) is 10.5. The maximum atomic E-state index is 12.7. The zero-order chi connectivity index (χ0) is 32.1. The molecule has 0 aliphatic rings. The fraction of sp³-hybridized carbons (Fsp3) is 0.0556. The Morgan fingerprint density at radius 3 is 1.15 bits per heavy atom. The van der Waals surface area contributed by atoms with Crippen molar-refractivity contribution in [1.29, 1.82) is 0 Å². The normalized spacial score (nSPS) is 12.1. The molecule has 0 bridgehead atoms. The van der Waals surface area contributed by atoms with Gasteiger partial charge in [0.25, 0.3) is 0 Å². The van der Waals surface area contributed by atoms with E-state index in [9.17, 15) is 26.3 Å². The number of rotatable bonds is 2. The van der Waals surface area contributed by atoms with Gasteiger partial charge in [0.15, 0.2) is 0 Å². The van der Waals surface area contributed by atoms with E-state index in [0.717, 1.165) is 76.3 Å². The fourth-order valence-corrected chi connectivity index (χ4v) is 7.37. The molecule has 8 rings (SSSR count). The van der Waals surface area contributed by atoms with Crippen molar-refractivity contribution in [2.75, 3.05) is 0 Å². The Labute approximate surface area is 266 Å². The molecule has 0 fully saturated rings. The van der Waals surface area contributed by atoms with Gasteiger partial charge in [-0.25, -0.2) is 9.97 Å². The van der Waals surface area contributed by atoms with Crippen LogP contribution in [0.1, 0.15) is 11.1 Å². The van der Waals surface area contributed by atoms with Crippen LogP contribution in [0, 0.1) is 0 Å². The Kier molecular flexibility index (Phi) is 7.49. The number of fused-ring (bicyclic) bond motifs is 6. The van der Waals surface area contributed by atoms with Gasteiger partial charge in [-0.1, -0.05) is 84.9 Å². The molecule has 0 N–H and O–H groups in total. The predicted octanol–water partition coefficient (Wildman–Crippen LogP) is 12.3. The van der Waals surface area contributed by atoms with Crippen LogP contribution >= 0.6 is 22.7 Å². The first-order valence-corrected chi connectivity index (χ1v) is 15.6. The maximum absolute atomic E-state index is 12.7. The standard InChI is InChI=1S/2C18H10F3NS/c2*19-18(20,21)13-8-5-12(6-9-13)17-22-15-10-7-11-3-1-2-4-14(11)16(15)23-17/h2*1-10H. The van der Waals surface area contributed by atoms with Crippen LogP contribution in [0.15, 0.2) is 121 Å².